The zero-order chi connectivity index (χ0) is 13.2. The molecule has 2 N–H and O–H groups in total. The van der Waals surface area contributed by atoms with Crippen molar-refractivity contribution in [3.8, 4) is 11.5 Å². The molecular formula is C14H13BrN2O2. The molecule has 3 rings (SSSR count). The number of nitrogens with two attached hydrogens (primary N) is 1. The Hall–Kier alpha value is -1.59. The third kappa shape index (κ3) is 2.57. The van der Waals surface area contributed by atoms with Gasteiger partial charge in [-0.3, -0.25) is 4.98 Å². The van der Waals surface area contributed by atoms with Gasteiger partial charge in [0, 0.05) is 10.7 Å². The average Bonchev–Trinajstić information content (AvgIpc) is 2.47. The smallest absolute Gasteiger partial charge is 0.161 e. The summed E-state index contributed by atoms with van der Waals surface area (Å²) in [7, 11) is 0. The van der Waals surface area contributed by atoms with Crippen LogP contribution in [0.2, 0.25) is 0 Å². The zero-order valence-electron chi connectivity index (χ0n) is 10.2. The van der Waals surface area contributed by atoms with Crippen molar-refractivity contribution in [3.05, 3.63) is 52.3 Å². The average molecular weight is 321 g/mol. The standard InChI is InChI=1S/C14H13BrN2O2/c15-10-2-3-11(17-8-10)14(16)9-1-4-12-13(7-9)19-6-5-18-12/h1-4,7-8,14H,5-6,16H2. The van der Waals surface area contributed by atoms with Gasteiger partial charge in [-0.25, -0.2) is 0 Å². The van der Waals surface area contributed by atoms with Gasteiger partial charge < -0.3 is 15.2 Å². The molecule has 4 nitrogen and oxygen atoms in total. The summed E-state index contributed by atoms with van der Waals surface area (Å²) in [5, 5.41) is 0. The van der Waals surface area contributed by atoms with Crippen LogP contribution in [0, 0.1) is 0 Å². The summed E-state index contributed by atoms with van der Waals surface area (Å²) in [5.74, 6) is 1.52. The molecule has 1 aliphatic rings. The van der Waals surface area contributed by atoms with Gasteiger partial charge in [-0.1, -0.05) is 6.07 Å². The normalized spacial score (nSPS) is 15.1. The van der Waals surface area contributed by atoms with Crippen molar-refractivity contribution in [3.63, 3.8) is 0 Å². The number of ether oxygens (including phenoxy) is 2. The second-order valence-electron chi connectivity index (χ2n) is 4.28. The Morgan fingerprint density at radius 1 is 1.11 bits per heavy atom. The van der Waals surface area contributed by atoms with E-state index in [0.717, 1.165) is 27.2 Å². The van der Waals surface area contributed by atoms with Crippen molar-refractivity contribution in [2.75, 3.05) is 13.2 Å². The second kappa shape index (κ2) is 5.19. The summed E-state index contributed by atoms with van der Waals surface area (Å²) < 4.78 is 12.0. The molecule has 0 saturated carbocycles. The molecular weight excluding hydrogens is 308 g/mol. The first kappa shape index (κ1) is 12.4. The number of hydrogen-bond acceptors (Lipinski definition) is 4. The second-order valence-corrected chi connectivity index (χ2v) is 5.20. The number of halogens is 1. The van der Waals surface area contributed by atoms with Crippen molar-refractivity contribution >= 4 is 15.9 Å². The highest BCUT2D eigenvalue weighted by atomic mass is 79.9. The maximum absolute atomic E-state index is 6.23. The number of aromatic nitrogens is 1. The van der Waals surface area contributed by atoms with Crippen molar-refractivity contribution in [2.24, 2.45) is 5.73 Å². The molecule has 1 atom stereocenters. The van der Waals surface area contributed by atoms with E-state index in [9.17, 15) is 0 Å². The zero-order valence-corrected chi connectivity index (χ0v) is 11.8. The topological polar surface area (TPSA) is 57.4 Å². The summed E-state index contributed by atoms with van der Waals surface area (Å²) in [6.45, 7) is 1.16. The van der Waals surface area contributed by atoms with Gasteiger partial charge in [-0.15, -0.1) is 0 Å². The predicted octanol–water partition coefficient (Wildman–Crippen LogP) is 2.66. The molecule has 0 bridgehead atoms. The van der Waals surface area contributed by atoms with Crippen LogP contribution in [-0.2, 0) is 0 Å². The molecule has 0 aliphatic carbocycles. The molecule has 1 aliphatic heterocycles. The van der Waals surface area contributed by atoms with E-state index in [1.807, 2.05) is 30.3 Å². The molecule has 0 saturated heterocycles. The van der Waals surface area contributed by atoms with Crippen LogP contribution in [0.1, 0.15) is 17.3 Å². The number of benzene rings is 1. The molecule has 1 unspecified atom stereocenters. The monoisotopic (exact) mass is 320 g/mol. The highest BCUT2D eigenvalue weighted by Gasteiger charge is 2.16. The Labute approximate surface area is 119 Å². The highest BCUT2D eigenvalue weighted by molar-refractivity contribution is 9.10. The molecule has 0 amide bonds. The lowest BCUT2D eigenvalue weighted by Crippen LogP contribution is -2.17. The van der Waals surface area contributed by atoms with Crippen LogP contribution in [0.4, 0.5) is 0 Å². The van der Waals surface area contributed by atoms with Gasteiger partial charge in [0.1, 0.15) is 13.2 Å². The highest BCUT2D eigenvalue weighted by Crippen LogP contribution is 2.33. The molecule has 5 heteroatoms. The van der Waals surface area contributed by atoms with Crippen molar-refractivity contribution < 1.29 is 9.47 Å². The summed E-state index contributed by atoms with van der Waals surface area (Å²) in [6.07, 6.45) is 1.74. The quantitative estimate of drug-likeness (QED) is 0.924. The summed E-state index contributed by atoms with van der Waals surface area (Å²) in [6, 6.07) is 9.32. The molecule has 0 spiro atoms. The van der Waals surface area contributed by atoms with E-state index in [1.54, 1.807) is 6.20 Å². The fourth-order valence-corrected chi connectivity index (χ4v) is 2.23. The molecule has 2 aromatic rings. The minimum atomic E-state index is -0.274. The fraction of sp³-hybridized carbons (Fsp3) is 0.214. The van der Waals surface area contributed by atoms with Gasteiger partial charge in [0.2, 0.25) is 0 Å². The van der Waals surface area contributed by atoms with Crippen molar-refractivity contribution in [1.29, 1.82) is 0 Å². The Kier molecular flexibility index (Phi) is 3.40. The van der Waals surface area contributed by atoms with Gasteiger partial charge in [0.25, 0.3) is 0 Å². The van der Waals surface area contributed by atoms with Crippen LogP contribution < -0.4 is 15.2 Å². The lowest BCUT2D eigenvalue weighted by atomic mass is 10.0. The van der Waals surface area contributed by atoms with E-state index in [2.05, 4.69) is 20.9 Å². The predicted molar refractivity (Wildman–Crippen MR) is 75.4 cm³/mol. The first-order valence-corrected chi connectivity index (χ1v) is 6.80. The van der Waals surface area contributed by atoms with E-state index in [-0.39, 0.29) is 6.04 Å². The third-order valence-electron chi connectivity index (χ3n) is 2.99. The Bertz CT molecular complexity index is 586. The summed E-state index contributed by atoms with van der Waals surface area (Å²) in [4.78, 5) is 4.32. The van der Waals surface area contributed by atoms with Crippen LogP contribution >= 0.6 is 15.9 Å². The van der Waals surface area contributed by atoms with Crippen LogP contribution in [-0.4, -0.2) is 18.2 Å². The number of nitrogens with zero attached hydrogens (tertiary/aromatic N) is 1. The lowest BCUT2D eigenvalue weighted by Gasteiger charge is -2.20. The number of fused-ring (bicyclic) bond motifs is 1. The van der Waals surface area contributed by atoms with Crippen LogP contribution in [0.5, 0.6) is 11.5 Å². The number of hydrogen-bond donors (Lipinski definition) is 1. The SMILES string of the molecule is NC(c1ccc2c(c1)OCCO2)c1ccc(Br)cn1. The summed E-state index contributed by atoms with van der Waals surface area (Å²) >= 11 is 3.36. The van der Waals surface area contributed by atoms with Gasteiger partial charge in [-0.2, -0.15) is 0 Å². The minimum Gasteiger partial charge on any atom is -0.486 e. The molecule has 1 aromatic heterocycles. The Morgan fingerprint density at radius 2 is 1.89 bits per heavy atom. The van der Waals surface area contributed by atoms with E-state index >= 15 is 0 Å². The number of rotatable bonds is 2. The molecule has 19 heavy (non-hydrogen) atoms. The van der Waals surface area contributed by atoms with Gasteiger partial charge in [0.15, 0.2) is 11.5 Å². The van der Waals surface area contributed by atoms with E-state index < -0.39 is 0 Å². The first-order chi connectivity index (χ1) is 9.24. The van der Waals surface area contributed by atoms with Gasteiger partial charge in [0.05, 0.1) is 11.7 Å². The lowest BCUT2D eigenvalue weighted by molar-refractivity contribution is 0.171. The van der Waals surface area contributed by atoms with Gasteiger partial charge >= 0.3 is 0 Å². The largest absolute Gasteiger partial charge is 0.486 e. The van der Waals surface area contributed by atoms with Gasteiger partial charge in [-0.05, 0) is 45.8 Å². The van der Waals surface area contributed by atoms with Crippen molar-refractivity contribution in [1.82, 2.24) is 4.98 Å². The molecule has 98 valence electrons. The van der Waals surface area contributed by atoms with Crippen molar-refractivity contribution in [2.45, 2.75) is 6.04 Å². The molecule has 0 radical (unpaired) electrons. The fourth-order valence-electron chi connectivity index (χ4n) is 2.00. The van der Waals surface area contributed by atoms with Crippen LogP contribution in [0.15, 0.2) is 41.0 Å². The molecule has 1 aromatic carbocycles. The molecule has 0 fully saturated rings. The van der Waals surface area contributed by atoms with E-state index in [1.165, 1.54) is 0 Å². The third-order valence-corrected chi connectivity index (χ3v) is 3.46. The van der Waals surface area contributed by atoms with E-state index in [4.69, 9.17) is 15.2 Å². The van der Waals surface area contributed by atoms with Crippen LogP contribution in [0.25, 0.3) is 0 Å². The Balaban J connectivity index is 1.91. The Morgan fingerprint density at radius 3 is 2.63 bits per heavy atom. The van der Waals surface area contributed by atoms with E-state index in [0.29, 0.717) is 13.2 Å². The number of pyridine rings is 1. The minimum absolute atomic E-state index is 0.274. The molecule has 2 heterocycles. The maximum Gasteiger partial charge on any atom is 0.161 e. The summed E-state index contributed by atoms with van der Waals surface area (Å²) in [5.41, 5.74) is 8.00. The van der Waals surface area contributed by atoms with Crippen LogP contribution in [0.3, 0.4) is 0 Å². The maximum atomic E-state index is 6.23. The first-order valence-electron chi connectivity index (χ1n) is 6.00.